The van der Waals surface area contributed by atoms with E-state index in [9.17, 15) is 4.79 Å². The van der Waals surface area contributed by atoms with Crippen molar-refractivity contribution in [2.45, 2.75) is 0 Å². The van der Waals surface area contributed by atoms with Gasteiger partial charge >= 0.3 is 0 Å². The summed E-state index contributed by atoms with van der Waals surface area (Å²) in [5, 5.41) is 7.21. The van der Waals surface area contributed by atoms with Crippen molar-refractivity contribution < 1.29 is 9.53 Å². The molecule has 0 spiro atoms. The van der Waals surface area contributed by atoms with Crippen molar-refractivity contribution in [3.63, 3.8) is 0 Å². The Labute approximate surface area is 75.7 Å². The number of nitrogens with zero attached hydrogens (tertiary/aromatic N) is 3. The SMILES string of the molecule is Cn1nncc1C(=O)COCCN. The lowest BCUT2D eigenvalue weighted by atomic mass is 10.3. The lowest BCUT2D eigenvalue weighted by Crippen LogP contribution is -2.16. The number of aromatic nitrogens is 3. The maximum Gasteiger partial charge on any atom is 0.208 e. The Bertz CT molecular complexity index is 284. The summed E-state index contributed by atoms with van der Waals surface area (Å²) >= 11 is 0. The Morgan fingerprint density at radius 2 is 2.54 bits per heavy atom. The molecule has 0 saturated heterocycles. The van der Waals surface area contributed by atoms with E-state index in [1.165, 1.54) is 10.9 Å². The number of hydrogen-bond acceptors (Lipinski definition) is 5. The molecule has 2 N–H and O–H groups in total. The van der Waals surface area contributed by atoms with Gasteiger partial charge in [-0.05, 0) is 0 Å². The molecule has 0 fully saturated rings. The smallest absolute Gasteiger partial charge is 0.208 e. The van der Waals surface area contributed by atoms with E-state index in [-0.39, 0.29) is 12.4 Å². The minimum absolute atomic E-state index is 0.0262. The fourth-order valence-electron chi connectivity index (χ4n) is 0.864. The van der Waals surface area contributed by atoms with Gasteiger partial charge in [0.2, 0.25) is 5.78 Å². The predicted molar refractivity (Wildman–Crippen MR) is 45.2 cm³/mol. The van der Waals surface area contributed by atoms with Gasteiger partial charge in [0.25, 0.3) is 0 Å². The molecule has 1 heterocycles. The molecular formula is C7H12N4O2. The van der Waals surface area contributed by atoms with Gasteiger partial charge in [-0.2, -0.15) is 0 Å². The van der Waals surface area contributed by atoms with Crippen molar-refractivity contribution in [3.05, 3.63) is 11.9 Å². The van der Waals surface area contributed by atoms with Crippen LogP contribution in [0.3, 0.4) is 0 Å². The summed E-state index contributed by atoms with van der Waals surface area (Å²) in [5.74, 6) is -0.138. The molecule has 72 valence electrons. The fourth-order valence-corrected chi connectivity index (χ4v) is 0.864. The van der Waals surface area contributed by atoms with Crippen molar-refractivity contribution in [1.82, 2.24) is 15.0 Å². The first-order chi connectivity index (χ1) is 6.25. The second-order valence-electron chi connectivity index (χ2n) is 2.51. The summed E-state index contributed by atoms with van der Waals surface area (Å²) in [6.45, 7) is 0.826. The van der Waals surface area contributed by atoms with E-state index in [0.29, 0.717) is 18.8 Å². The molecule has 0 saturated carbocycles. The summed E-state index contributed by atoms with van der Waals surface area (Å²) in [5.41, 5.74) is 5.64. The summed E-state index contributed by atoms with van der Waals surface area (Å²) in [6.07, 6.45) is 1.41. The van der Waals surface area contributed by atoms with E-state index in [1.807, 2.05) is 0 Å². The van der Waals surface area contributed by atoms with Gasteiger partial charge in [0.1, 0.15) is 12.3 Å². The number of rotatable bonds is 5. The van der Waals surface area contributed by atoms with E-state index in [0.717, 1.165) is 0 Å². The lowest BCUT2D eigenvalue weighted by Gasteiger charge is -2.00. The lowest BCUT2D eigenvalue weighted by molar-refractivity contribution is 0.0764. The minimum Gasteiger partial charge on any atom is -0.372 e. The molecule has 0 aliphatic carbocycles. The molecule has 6 nitrogen and oxygen atoms in total. The molecule has 0 aromatic carbocycles. The number of ketones is 1. The summed E-state index contributed by atoms with van der Waals surface area (Å²) in [6, 6.07) is 0. The van der Waals surface area contributed by atoms with Crippen LogP contribution >= 0.6 is 0 Å². The van der Waals surface area contributed by atoms with Crippen LogP contribution in [0.15, 0.2) is 6.20 Å². The highest BCUT2D eigenvalue weighted by Gasteiger charge is 2.10. The van der Waals surface area contributed by atoms with Crippen LogP contribution in [0, 0.1) is 0 Å². The van der Waals surface area contributed by atoms with E-state index in [2.05, 4.69) is 10.3 Å². The van der Waals surface area contributed by atoms with Crippen molar-refractivity contribution in [2.24, 2.45) is 12.8 Å². The third-order valence-electron chi connectivity index (χ3n) is 1.50. The molecule has 0 bridgehead atoms. The van der Waals surface area contributed by atoms with E-state index in [1.54, 1.807) is 7.05 Å². The molecule has 1 aromatic heterocycles. The normalized spacial score (nSPS) is 10.3. The first-order valence-electron chi connectivity index (χ1n) is 3.91. The average molecular weight is 184 g/mol. The second kappa shape index (κ2) is 4.68. The van der Waals surface area contributed by atoms with Gasteiger partial charge in [0.05, 0.1) is 12.8 Å². The van der Waals surface area contributed by atoms with Gasteiger partial charge in [-0.1, -0.05) is 5.21 Å². The number of Topliss-reactive ketones (excluding diaryl/α,β-unsaturated/α-hetero) is 1. The van der Waals surface area contributed by atoms with Crippen LogP contribution in [-0.4, -0.2) is 40.5 Å². The standard InChI is InChI=1S/C7H12N4O2/c1-11-6(4-9-10-11)7(12)5-13-3-2-8/h4H,2-3,5,8H2,1H3. The highest BCUT2D eigenvalue weighted by molar-refractivity contribution is 5.95. The molecule has 0 atom stereocenters. The summed E-state index contributed by atoms with van der Waals surface area (Å²) < 4.78 is 6.39. The number of ether oxygens (including phenoxy) is 1. The first kappa shape index (κ1) is 9.82. The Kier molecular flexibility index (Phi) is 3.53. The van der Waals surface area contributed by atoms with Gasteiger partial charge in [-0.3, -0.25) is 4.79 Å². The van der Waals surface area contributed by atoms with Crippen LogP contribution in [0.1, 0.15) is 10.5 Å². The third kappa shape index (κ3) is 2.60. The van der Waals surface area contributed by atoms with Crippen LogP contribution in [0.2, 0.25) is 0 Å². The van der Waals surface area contributed by atoms with Gasteiger partial charge in [0.15, 0.2) is 0 Å². The fraction of sp³-hybridized carbons (Fsp3) is 0.571. The van der Waals surface area contributed by atoms with Crippen LogP contribution in [-0.2, 0) is 11.8 Å². The highest BCUT2D eigenvalue weighted by atomic mass is 16.5. The molecule has 0 radical (unpaired) electrons. The minimum atomic E-state index is -0.138. The molecule has 0 amide bonds. The Hall–Kier alpha value is -1.27. The maximum atomic E-state index is 11.3. The first-order valence-corrected chi connectivity index (χ1v) is 3.91. The number of carbonyl (C=O) groups is 1. The summed E-state index contributed by atoms with van der Waals surface area (Å²) in [7, 11) is 1.66. The predicted octanol–water partition coefficient (Wildman–Crippen LogP) is -1.03. The van der Waals surface area contributed by atoms with Crippen molar-refractivity contribution in [1.29, 1.82) is 0 Å². The van der Waals surface area contributed by atoms with Crippen LogP contribution in [0.25, 0.3) is 0 Å². The van der Waals surface area contributed by atoms with E-state index in [4.69, 9.17) is 10.5 Å². The molecule has 6 heteroatoms. The van der Waals surface area contributed by atoms with Gasteiger partial charge in [-0.25, -0.2) is 4.68 Å². The zero-order valence-electron chi connectivity index (χ0n) is 7.43. The Morgan fingerprint density at radius 3 is 3.08 bits per heavy atom. The Balaban J connectivity index is 2.45. The molecule has 13 heavy (non-hydrogen) atoms. The van der Waals surface area contributed by atoms with E-state index >= 15 is 0 Å². The zero-order valence-corrected chi connectivity index (χ0v) is 7.43. The monoisotopic (exact) mass is 184 g/mol. The van der Waals surface area contributed by atoms with Crippen LogP contribution < -0.4 is 5.73 Å². The number of nitrogens with two attached hydrogens (primary N) is 1. The third-order valence-corrected chi connectivity index (χ3v) is 1.50. The number of aryl methyl sites for hydroxylation is 1. The molecule has 0 aliphatic rings. The Morgan fingerprint density at radius 1 is 1.77 bits per heavy atom. The van der Waals surface area contributed by atoms with Gasteiger partial charge < -0.3 is 10.5 Å². The quantitative estimate of drug-likeness (QED) is 0.467. The van der Waals surface area contributed by atoms with Crippen LogP contribution in [0.5, 0.6) is 0 Å². The maximum absolute atomic E-state index is 11.3. The van der Waals surface area contributed by atoms with Gasteiger partial charge in [-0.15, -0.1) is 5.10 Å². The van der Waals surface area contributed by atoms with Crippen molar-refractivity contribution >= 4 is 5.78 Å². The van der Waals surface area contributed by atoms with Crippen molar-refractivity contribution in [2.75, 3.05) is 19.8 Å². The average Bonchev–Trinajstić information content (AvgIpc) is 2.52. The number of hydrogen-bond donors (Lipinski definition) is 1. The topological polar surface area (TPSA) is 83.0 Å². The van der Waals surface area contributed by atoms with Gasteiger partial charge in [0, 0.05) is 13.6 Å². The summed E-state index contributed by atoms with van der Waals surface area (Å²) in [4.78, 5) is 11.3. The molecular weight excluding hydrogens is 172 g/mol. The highest BCUT2D eigenvalue weighted by Crippen LogP contribution is 1.95. The van der Waals surface area contributed by atoms with Crippen LogP contribution in [0.4, 0.5) is 0 Å². The molecule has 0 aliphatic heterocycles. The molecule has 1 aromatic rings. The van der Waals surface area contributed by atoms with Crippen molar-refractivity contribution in [3.8, 4) is 0 Å². The zero-order chi connectivity index (χ0) is 9.68. The number of carbonyl (C=O) groups excluding carboxylic acids is 1. The van der Waals surface area contributed by atoms with E-state index < -0.39 is 0 Å². The molecule has 1 rings (SSSR count). The second-order valence-corrected chi connectivity index (χ2v) is 2.51. The molecule has 0 unspecified atom stereocenters. The largest absolute Gasteiger partial charge is 0.372 e.